The van der Waals surface area contributed by atoms with Gasteiger partial charge in [-0.25, -0.2) is 0 Å². The number of hydrogen-bond donors (Lipinski definition) is 0. The van der Waals surface area contributed by atoms with E-state index in [1.165, 1.54) is 87.3 Å². The molecular formula is C55H38N2. The minimum atomic E-state index is 1.13. The lowest BCUT2D eigenvalue weighted by Gasteiger charge is -2.15. The van der Waals surface area contributed by atoms with Gasteiger partial charge in [0, 0.05) is 33.1 Å². The summed E-state index contributed by atoms with van der Waals surface area (Å²) in [4.78, 5) is 0. The molecule has 0 aliphatic rings. The monoisotopic (exact) mass is 726 g/mol. The molecule has 11 aromatic rings. The number of fused-ring (bicyclic) bond motifs is 10. The third kappa shape index (κ3) is 5.11. The minimum absolute atomic E-state index is 1.13. The summed E-state index contributed by atoms with van der Waals surface area (Å²) in [5.41, 5.74) is 13.0. The van der Waals surface area contributed by atoms with Crippen molar-refractivity contribution in [2.24, 2.45) is 0 Å². The number of hydrogen-bond acceptors (Lipinski definition) is 0. The van der Waals surface area contributed by atoms with Crippen LogP contribution in [0, 0.1) is 0 Å². The van der Waals surface area contributed by atoms with Crippen LogP contribution in [0.15, 0.2) is 195 Å². The van der Waals surface area contributed by atoms with Gasteiger partial charge in [0.05, 0.1) is 22.2 Å². The molecule has 0 aliphatic carbocycles. The molecule has 0 saturated carbocycles. The molecule has 0 amide bonds. The van der Waals surface area contributed by atoms with Crippen LogP contribution >= 0.6 is 0 Å². The lowest BCUT2D eigenvalue weighted by atomic mass is 9.90. The molecule has 0 unspecified atom stereocenters. The fourth-order valence-corrected chi connectivity index (χ4v) is 9.27. The first-order valence-electron chi connectivity index (χ1n) is 19.7. The summed E-state index contributed by atoms with van der Waals surface area (Å²) in [6, 6.07) is 66.8. The highest BCUT2D eigenvalue weighted by Crippen LogP contribution is 2.40. The number of para-hydroxylation sites is 3. The van der Waals surface area contributed by atoms with Crippen molar-refractivity contribution < 1.29 is 0 Å². The molecule has 0 bridgehead atoms. The van der Waals surface area contributed by atoms with E-state index < -0.39 is 0 Å². The number of benzene rings is 9. The Labute approximate surface area is 331 Å². The van der Waals surface area contributed by atoms with Crippen LogP contribution in [0.5, 0.6) is 0 Å². The van der Waals surface area contributed by atoms with E-state index in [9.17, 15) is 0 Å². The van der Waals surface area contributed by atoms with Crippen LogP contribution in [0.2, 0.25) is 0 Å². The second kappa shape index (κ2) is 13.1. The van der Waals surface area contributed by atoms with E-state index in [0.717, 1.165) is 22.6 Å². The van der Waals surface area contributed by atoms with Crippen molar-refractivity contribution >= 4 is 77.2 Å². The van der Waals surface area contributed by atoms with E-state index in [-0.39, 0.29) is 0 Å². The molecule has 2 heterocycles. The van der Waals surface area contributed by atoms with Crippen LogP contribution in [0.1, 0.15) is 18.2 Å². The number of allylic oxidation sites excluding steroid dienone is 1. The summed E-state index contributed by atoms with van der Waals surface area (Å²) >= 11 is 0. The summed E-state index contributed by atoms with van der Waals surface area (Å²) in [5, 5.41) is 11.3. The van der Waals surface area contributed by atoms with Gasteiger partial charge in [-0.1, -0.05) is 146 Å². The van der Waals surface area contributed by atoms with Gasteiger partial charge in [0.15, 0.2) is 0 Å². The highest BCUT2D eigenvalue weighted by molar-refractivity contribution is 6.26. The van der Waals surface area contributed by atoms with Crippen molar-refractivity contribution in [2.75, 3.05) is 0 Å². The molecule has 0 radical (unpaired) electrons. The normalized spacial score (nSPS) is 11.9. The first kappa shape index (κ1) is 33.0. The predicted molar refractivity (Wildman–Crippen MR) is 246 cm³/mol. The third-order valence-corrected chi connectivity index (χ3v) is 11.8. The Morgan fingerprint density at radius 3 is 1.30 bits per heavy atom. The first-order valence-corrected chi connectivity index (χ1v) is 19.7. The molecule has 268 valence electrons. The van der Waals surface area contributed by atoms with Crippen molar-refractivity contribution in [3.63, 3.8) is 0 Å². The molecule has 2 heteroatoms. The maximum atomic E-state index is 4.17. The van der Waals surface area contributed by atoms with Gasteiger partial charge in [0.1, 0.15) is 0 Å². The molecule has 0 saturated heterocycles. The maximum Gasteiger partial charge on any atom is 0.0541 e. The van der Waals surface area contributed by atoms with Crippen molar-refractivity contribution in [3.05, 3.63) is 206 Å². The zero-order valence-corrected chi connectivity index (χ0v) is 31.7. The van der Waals surface area contributed by atoms with Crippen LogP contribution < -0.4 is 0 Å². The van der Waals surface area contributed by atoms with Gasteiger partial charge in [-0.3, -0.25) is 0 Å². The highest BCUT2D eigenvalue weighted by atomic mass is 15.0. The Kier molecular flexibility index (Phi) is 7.58. The van der Waals surface area contributed by atoms with Crippen LogP contribution in [0.3, 0.4) is 0 Å². The van der Waals surface area contributed by atoms with Gasteiger partial charge in [0.25, 0.3) is 0 Å². The SMILES string of the molecule is C=Cc1c(/C=C\C)n(-c2cccc(-c3ccc4c5ccc(-c6cccc(-n7c8ccccc8c8ccccc87)c6)cc5c5ccccc5c4c3)c2)c2ccccc12. The van der Waals surface area contributed by atoms with E-state index in [1.54, 1.807) is 0 Å². The van der Waals surface area contributed by atoms with Gasteiger partial charge in [-0.05, 0) is 122 Å². The Morgan fingerprint density at radius 2 is 0.789 bits per heavy atom. The van der Waals surface area contributed by atoms with E-state index >= 15 is 0 Å². The van der Waals surface area contributed by atoms with Crippen LogP contribution in [-0.4, -0.2) is 9.13 Å². The smallest absolute Gasteiger partial charge is 0.0541 e. The van der Waals surface area contributed by atoms with E-state index in [2.05, 4.69) is 217 Å². The zero-order chi connectivity index (χ0) is 38.0. The van der Waals surface area contributed by atoms with Crippen LogP contribution in [0.4, 0.5) is 0 Å². The summed E-state index contributed by atoms with van der Waals surface area (Å²) in [6.07, 6.45) is 6.27. The van der Waals surface area contributed by atoms with Gasteiger partial charge in [-0.15, -0.1) is 0 Å². The van der Waals surface area contributed by atoms with Crippen molar-refractivity contribution in [3.8, 4) is 33.6 Å². The summed E-state index contributed by atoms with van der Waals surface area (Å²) < 4.78 is 4.75. The number of aromatic nitrogens is 2. The molecule has 0 aliphatic heterocycles. The van der Waals surface area contributed by atoms with Gasteiger partial charge in [0.2, 0.25) is 0 Å². The molecule has 11 rings (SSSR count). The molecule has 0 N–H and O–H groups in total. The Hall–Kier alpha value is -7.42. The lowest BCUT2D eigenvalue weighted by Crippen LogP contribution is -1.97. The van der Waals surface area contributed by atoms with Crippen molar-refractivity contribution in [1.29, 1.82) is 0 Å². The largest absolute Gasteiger partial charge is 0.309 e. The number of nitrogens with zero attached hydrogens (tertiary/aromatic N) is 2. The standard InChI is InChI=1S/C55H38N2/c1-3-15-52-42(4-2)47-22-7-10-25-53(47)56(52)40-18-13-16-36(32-40)38-28-30-45-46-31-29-39(35-51(46)44-21-6-5-20-43(44)50(45)34-38)37-17-14-19-41(33-37)57-54-26-11-8-23-48(54)49-24-9-12-27-55(49)57/h3-35H,2H2,1H3/b15-3-. The van der Waals surface area contributed by atoms with Crippen molar-refractivity contribution in [2.45, 2.75) is 6.92 Å². The molecule has 57 heavy (non-hydrogen) atoms. The zero-order valence-electron chi connectivity index (χ0n) is 31.7. The summed E-state index contributed by atoms with van der Waals surface area (Å²) in [5.74, 6) is 0. The average Bonchev–Trinajstić information content (AvgIpc) is 3.78. The predicted octanol–water partition coefficient (Wildman–Crippen LogP) is 15.2. The molecule has 2 nitrogen and oxygen atoms in total. The van der Waals surface area contributed by atoms with E-state index in [4.69, 9.17) is 0 Å². The molecule has 0 fully saturated rings. The quantitative estimate of drug-likeness (QED) is 0.151. The van der Waals surface area contributed by atoms with Crippen LogP contribution in [-0.2, 0) is 0 Å². The Morgan fingerprint density at radius 1 is 0.368 bits per heavy atom. The van der Waals surface area contributed by atoms with E-state index in [0.29, 0.717) is 0 Å². The maximum absolute atomic E-state index is 4.17. The lowest BCUT2D eigenvalue weighted by molar-refractivity contribution is 1.11. The van der Waals surface area contributed by atoms with Gasteiger partial charge < -0.3 is 9.13 Å². The van der Waals surface area contributed by atoms with E-state index in [1.807, 2.05) is 6.08 Å². The summed E-state index contributed by atoms with van der Waals surface area (Å²) in [6.45, 7) is 6.24. The van der Waals surface area contributed by atoms with Crippen molar-refractivity contribution in [1.82, 2.24) is 9.13 Å². The van der Waals surface area contributed by atoms with Gasteiger partial charge >= 0.3 is 0 Å². The molecule has 2 aromatic heterocycles. The topological polar surface area (TPSA) is 9.86 Å². The second-order valence-electron chi connectivity index (χ2n) is 14.9. The molecule has 0 spiro atoms. The highest BCUT2D eigenvalue weighted by Gasteiger charge is 2.17. The fraction of sp³-hybridized carbons (Fsp3) is 0.0182. The number of rotatable bonds is 6. The van der Waals surface area contributed by atoms with Crippen LogP contribution in [0.25, 0.3) is 111 Å². The summed E-state index contributed by atoms with van der Waals surface area (Å²) in [7, 11) is 0. The molecule has 0 atom stereocenters. The minimum Gasteiger partial charge on any atom is -0.309 e. The molecule has 9 aromatic carbocycles. The Bertz CT molecular complexity index is 3370. The molecular weight excluding hydrogens is 689 g/mol. The third-order valence-electron chi connectivity index (χ3n) is 11.8. The Balaban J connectivity index is 1.04. The fourth-order valence-electron chi connectivity index (χ4n) is 9.27. The first-order chi connectivity index (χ1) is 28.2. The average molecular weight is 727 g/mol. The van der Waals surface area contributed by atoms with Gasteiger partial charge in [-0.2, -0.15) is 0 Å². The second-order valence-corrected chi connectivity index (χ2v) is 14.9.